The van der Waals surface area contributed by atoms with Crippen LogP contribution in [0.15, 0.2) is 12.7 Å². The number of piperidine rings is 1. The SMILES string of the molecule is C=C[C@@H]1CCCCN1C(=O)CC. The minimum atomic E-state index is 0.264. The Morgan fingerprint density at radius 2 is 2.42 bits per heavy atom. The molecule has 1 rings (SSSR count). The third-order valence-corrected chi connectivity index (χ3v) is 2.44. The summed E-state index contributed by atoms with van der Waals surface area (Å²) in [4.78, 5) is 13.4. The molecular weight excluding hydrogens is 150 g/mol. The average molecular weight is 167 g/mol. The van der Waals surface area contributed by atoms with Crippen LogP contribution in [0.1, 0.15) is 32.6 Å². The molecule has 1 aliphatic heterocycles. The van der Waals surface area contributed by atoms with Gasteiger partial charge in [0.15, 0.2) is 0 Å². The maximum absolute atomic E-state index is 11.4. The summed E-state index contributed by atoms with van der Waals surface area (Å²) in [6.07, 6.45) is 5.98. The number of nitrogens with zero attached hydrogens (tertiary/aromatic N) is 1. The minimum Gasteiger partial charge on any atom is -0.336 e. The Labute approximate surface area is 74.2 Å². The Morgan fingerprint density at radius 3 is 3.00 bits per heavy atom. The van der Waals surface area contributed by atoms with E-state index in [0.29, 0.717) is 12.5 Å². The largest absolute Gasteiger partial charge is 0.336 e. The first-order valence-electron chi connectivity index (χ1n) is 4.71. The number of carbonyl (C=O) groups excluding carboxylic acids is 1. The zero-order valence-electron chi connectivity index (χ0n) is 7.75. The van der Waals surface area contributed by atoms with Gasteiger partial charge in [0.2, 0.25) is 5.91 Å². The Bertz CT molecular complexity index is 177. The predicted molar refractivity (Wildman–Crippen MR) is 49.8 cm³/mol. The van der Waals surface area contributed by atoms with Crippen molar-refractivity contribution in [3.05, 3.63) is 12.7 Å². The lowest BCUT2D eigenvalue weighted by Crippen LogP contribution is -2.42. The highest BCUT2D eigenvalue weighted by Gasteiger charge is 2.22. The lowest BCUT2D eigenvalue weighted by atomic mass is 10.0. The van der Waals surface area contributed by atoms with E-state index in [1.54, 1.807) is 0 Å². The van der Waals surface area contributed by atoms with Crippen LogP contribution in [0.5, 0.6) is 0 Å². The number of hydrogen-bond acceptors (Lipinski definition) is 1. The molecule has 0 unspecified atom stereocenters. The number of likely N-dealkylation sites (tertiary alicyclic amines) is 1. The minimum absolute atomic E-state index is 0.264. The summed E-state index contributed by atoms with van der Waals surface area (Å²) in [5, 5.41) is 0. The van der Waals surface area contributed by atoms with E-state index in [1.807, 2.05) is 17.9 Å². The normalized spacial score (nSPS) is 23.8. The van der Waals surface area contributed by atoms with Crippen molar-refractivity contribution >= 4 is 5.91 Å². The lowest BCUT2D eigenvalue weighted by molar-refractivity contribution is -0.133. The lowest BCUT2D eigenvalue weighted by Gasteiger charge is -2.33. The van der Waals surface area contributed by atoms with Gasteiger partial charge in [-0.15, -0.1) is 6.58 Å². The second-order valence-corrected chi connectivity index (χ2v) is 3.24. The van der Waals surface area contributed by atoms with Gasteiger partial charge in [-0.1, -0.05) is 13.0 Å². The molecule has 0 spiro atoms. The quantitative estimate of drug-likeness (QED) is 0.576. The van der Waals surface area contributed by atoms with Crippen molar-refractivity contribution < 1.29 is 4.79 Å². The van der Waals surface area contributed by atoms with E-state index in [4.69, 9.17) is 0 Å². The van der Waals surface area contributed by atoms with Crippen LogP contribution in [0, 0.1) is 0 Å². The van der Waals surface area contributed by atoms with Gasteiger partial charge in [-0.2, -0.15) is 0 Å². The second kappa shape index (κ2) is 4.29. The van der Waals surface area contributed by atoms with Gasteiger partial charge in [-0.05, 0) is 19.3 Å². The first-order chi connectivity index (χ1) is 5.79. The fourth-order valence-corrected chi connectivity index (χ4v) is 1.72. The van der Waals surface area contributed by atoms with E-state index in [2.05, 4.69) is 6.58 Å². The second-order valence-electron chi connectivity index (χ2n) is 3.24. The van der Waals surface area contributed by atoms with Crippen LogP contribution in [0.25, 0.3) is 0 Å². The van der Waals surface area contributed by atoms with Gasteiger partial charge in [0, 0.05) is 19.0 Å². The monoisotopic (exact) mass is 167 g/mol. The standard InChI is InChI=1S/C10H17NO/c1-3-9-7-5-6-8-11(9)10(12)4-2/h3,9H,1,4-8H2,2H3/t9-/m1/s1. The Hall–Kier alpha value is -0.790. The van der Waals surface area contributed by atoms with Crippen LogP contribution in [0.3, 0.4) is 0 Å². The van der Waals surface area contributed by atoms with Crippen LogP contribution >= 0.6 is 0 Å². The van der Waals surface area contributed by atoms with Crippen molar-refractivity contribution in [3.8, 4) is 0 Å². The van der Waals surface area contributed by atoms with Gasteiger partial charge < -0.3 is 4.90 Å². The van der Waals surface area contributed by atoms with Gasteiger partial charge in [-0.3, -0.25) is 4.79 Å². The third kappa shape index (κ3) is 1.87. The van der Waals surface area contributed by atoms with E-state index in [1.165, 1.54) is 6.42 Å². The van der Waals surface area contributed by atoms with Crippen molar-refractivity contribution in [1.29, 1.82) is 0 Å². The molecule has 12 heavy (non-hydrogen) atoms. The first kappa shape index (κ1) is 9.30. The van der Waals surface area contributed by atoms with E-state index < -0.39 is 0 Å². The summed E-state index contributed by atoms with van der Waals surface area (Å²) in [5.74, 6) is 0.264. The van der Waals surface area contributed by atoms with Gasteiger partial charge >= 0.3 is 0 Å². The highest BCUT2D eigenvalue weighted by atomic mass is 16.2. The van der Waals surface area contributed by atoms with E-state index in [-0.39, 0.29) is 5.91 Å². The fraction of sp³-hybridized carbons (Fsp3) is 0.700. The molecule has 0 radical (unpaired) electrons. The number of carbonyl (C=O) groups is 1. The van der Waals surface area contributed by atoms with Crippen LogP contribution < -0.4 is 0 Å². The summed E-state index contributed by atoms with van der Waals surface area (Å²) in [7, 11) is 0. The Balaban J connectivity index is 2.58. The molecule has 2 heteroatoms. The summed E-state index contributed by atoms with van der Waals surface area (Å²) in [6, 6.07) is 0.297. The zero-order chi connectivity index (χ0) is 8.97. The van der Waals surface area contributed by atoms with E-state index in [9.17, 15) is 4.79 Å². The molecule has 1 aliphatic rings. The highest BCUT2D eigenvalue weighted by molar-refractivity contribution is 5.76. The first-order valence-corrected chi connectivity index (χ1v) is 4.71. The smallest absolute Gasteiger partial charge is 0.222 e. The highest BCUT2D eigenvalue weighted by Crippen LogP contribution is 2.18. The van der Waals surface area contributed by atoms with Crippen LogP contribution in [-0.2, 0) is 4.79 Å². The molecule has 0 saturated carbocycles. The Kier molecular flexibility index (Phi) is 3.32. The number of amides is 1. The average Bonchev–Trinajstić information content (AvgIpc) is 2.16. The molecule has 68 valence electrons. The van der Waals surface area contributed by atoms with E-state index in [0.717, 1.165) is 19.4 Å². The molecule has 0 aromatic carbocycles. The van der Waals surface area contributed by atoms with Crippen molar-refractivity contribution in [3.63, 3.8) is 0 Å². The van der Waals surface area contributed by atoms with Crippen molar-refractivity contribution in [1.82, 2.24) is 4.90 Å². The molecule has 0 aliphatic carbocycles. The molecular formula is C10H17NO. The predicted octanol–water partition coefficient (Wildman–Crippen LogP) is 1.96. The maximum atomic E-state index is 11.4. The molecule has 2 nitrogen and oxygen atoms in total. The van der Waals surface area contributed by atoms with Gasteiger partial charge in [0.25, 0.3) is 0 Å². The zero-order valence-corrected chi connectivity index (χ0v) is 7.75. The topological polar surface area (TPSA) is 20.3 Å². The van der Waals surface area contributed by atoms with Crippen molar-refractivity contribution in [2.75, 3.05) is 6.54 Å². The van der Waals surface area contributed by atoms with Crippen molar-refractivity contribution in [2.24, 2.45) is 0 Å². The molecule has 1 atom stereocenters. The van der Waals surface area contributed by atoms with Crippen LogP contribution in [-0.4, -0.2) is 23.4 Å². The Morgan fingerprint density at radius 1 is 1.67 bits per heavy atom. The number of rotatable bonds is 2. The maximum Gasteiger partial charge on any atom is 0.222 e. The third-order valence-electron chi connectivity index (χ3n) is 2.44. The number of hydrogen-bond donors (Lipinski definition) is 0. The van der Waals surface area contributed by atoms with Gasteiger partial charge in [0.1, 0.15) is 0 Å². The van der Waals surface area contributed by atoms with E-state index >= 15 is 0 Å². The van der Waals surface area contributed by atoms with Crippen LogP contribution in [0.2, 0.25) is 0 Å². The molecule has 1 amide bonds. The summed E-state index contributed by atoms with van der Waals surface area (Å²) < 4.78 is 0. The summed E-state index contributed by atoms with van der Waals surface area (Å²) in [6.45, 7) is 6.59. The molecule has 0 N–H and O–H groups in total. The summed E-state index contributed by atoms with van der Waals surface area (Å²) >= 11 is 0. The molecule has 1 heterocycles. The van der Waals surface area contributed by atoms with Crippen molar-refractivity contribution in [2.45, 2.75) is 38.6 Å². The summed E-state index contributed by atoms with van der Waals surface area (Å²) in [5.41, 5.74) is 0. The fourth-order valence-electron chi connectivity index (χ4n) is 1.72. The molecule has 0 aromatic rings. The molecule has 0 aromatic heterocycles. The van der Waals surface area contributed by atoms with Gasteiger partial charge in [-0.25, -0.2) is 0 Å². The van der Waals surface area contributed by atoms with Gasteiger partial charge in [0.05, 0.1) is 0 Å². The molecule has 1 saturated heterocycles. The molecule has 0 bridgehead atoms. The van der Waals surface area contributed by atoms with Crippen LogP contribution in [0.4, 0.5) is 0 Å². The molecule has 1 fully saturated rings.